The van der Waals surface area contributed by atoms with Crippen LogP contribution in [0.1, 0.15) is 43.0 Å². The molecule has 8 aromatic rings. The van der Waals surface area contributed by atoms with Crippen LogP contribution in [-0.2, 0) is 5.41 Å². The van der Waals surface area contributed by atoms with E-state index in [-0.39, 0.29) is 12.1 Å². The maximum Gasteiger partial charge on any atom is 0.274 e. The fourth-order valence-corrected chi connectivity index (χ4v) is 9.14. The predicted molar refractivity (Wildman–Crippen MR) is 214 cm³/mol. The minimum atomic E-state index is -0.0941. The average molecular weight is 682 g/mol. The van der Waals surface area contributed by atoms with Crippen LogP contribution in [0.4, 0.5) is 17.1 Å². The Balaban J connectivity index is 1.31. The first kappa shape index (κ1) is 30.4. The van der Waals surface area contributed by atoms with Crippen molar-refractivity contribution in [2.75, 3.05) is 4.90 Å². The number of fused-ring (bicyclic) bond motifs is 10. The average Bonchev–Trinajstić information content (AvgIpc) is 3.68. The molecule has 6 heteroatoms. The fourth-order valence-electron chi connectivity index (χ4n) is 7.91. The van der Waals surface area contributed by atoms with Crippen LogP contribution in [0.3, 0.4) is 0 Å². The lowest BCUT2D eigenvalue weighted by Gasteiger charge is -2.33. The number of hydrogen-bond acceptors (Lipinski definition) is 5. The molecule has 0 bridgehead atoms. The minimum absolute atomic E-state index is 0.0175. The summed E-state index contributed by atoms with van der Waals surface area (Å²) < 4.78 is 23.3. The van der Waals surface area contributed by atoms with Crippen LogP contribution in [0.15, 0.2) is 114 Å². The zero-order chi connectivity index (χ0) is 34.8. The molecule has 0 saturated carbocycles. The Bertz CT molecular complexity index is 2670. The van der Waals surface area contributed by atoms with Crippen LogP contribution in [-0.4, -0.2) is 6.71 Å². The summed E-state index contributed by atoms with van der Waals surface area (Å²) >= 11 is 1.83. The number of hydrogen-bond donors (Lipinski definition) is 0. The maximum absolute atomic E-state index is 7.04. The number of anilines is 3. The lowest BCUT2D eigenvalue weighted by molar-refractivity contribution is 0.467. The number of para-hydroxylation sites is 1. The smallest absolute Gasteiger partial charge is 0.274 e. The molecule has 248 valence electrons. The normalized spacial score (nSPS) is 13.2. The number of thiophene rings is 1. The first-order valence-electron chi connectivity index (χ1n) is 17.6. The molecule has 0 spiro atoms. The number of rotatable bonds is 3. The fraction of sp³-hybridized carbons (Fsp3) is 0.156. The lowest BCUT2D eigenvalue weighted by Crippen LogP contribution is -2.56. The molecule has 0 atom stereocenters. The third-order valence-corrected chi connectivity index (χ3v) is 11.7. The summed E-state index contributed by atoms with van der Waals surface area (Å²) in [5, 5.41) is 3.31. The third kappa shape index (κ3) is 4.59. The van der Waals surface area contributed by atoms with Gasteiger partial charge in [-0.25, -0.2) is 0 Å². The van der Waals surface area contributed by atoms with Gasteiger partial charge in [-0.2, -0.15) is 0 Å². The van der Waals surface area contributed by atoms with Gasteiger partial charge in [0.1, 0.15) is 28.6 Å². The van der Waals surface area contributed by atoms with Crippen molar-refractivity contribution in [2.24, 2.45) is 0 Å². The van der Waals surface area contributed by atoms with Crippen LogP contribution >= 0.6 is 11.3 Å². The van der Waals surface area contributed by atoms with Gasteiger partial charge in [-0.3, -0.25) is 0 Å². The van der Waals surface area contributed by atoms with Gasteiger partial charge in [-0.1, -0.05) is 80.4 Å². The highest BCUT2D eigenvalue weighted by Crippen LogP contribution is 2.48. The predicted octanol–water partition coefficient (Wildman–Crippen LogP) is 11.2. The van der Waals surface area contributed by atoms with Crippen molar-refractivity contribution >= 4 is 82.8 Å². The first-order chi connectivity index (χ1) is 24.6. The summed E-state index contributed by atoms with van der Waals surface area (Å²) in [6.45, 7) is 13.1. The van der Waals surface area contributed by atoms with Gasteiger partial charge in [0, 0.05) is 48.5 Å². The largest absolute Gasteiger partial charge is 0.458 e. The van der Waals surface area contributed by atoms with E-state index in [1.807, 2.05) is 17.4 Å². The molecule has 0 amide bonds. The molecule has 0 N–H and O–H groups in total. The number of nitrogens with zero attached hydrogens (tertiary/aromatic N) is 1. The van der Waals surface area contributed by atoms with Crippen molar-refractivity contribution in [1.82, 2.24) is 0 Å². The highest BCUT2D eigenvalue weighted by atomic mass is 32.1. The third-order valence-electron chi connectivity index (χ3n) is 10.5. The van der Waals surface area contributed by atoms with Crippen LogP contribution in [0.5, 0.6) is 23.0 Å². The van der Waals surface area contributed by atoms with Gasteiger partial charge < -0.3 is 18.8 Å². The van der Waals surface area contributed by atoms with Gasteiger partial charge in [-0.05, 0) is 97.4 Å². The lowest BCUT2D eigenvalue weighted by atomic mass is 9.37. The van der Waals surface area contributed by atoms with Crippen LogP contribution in [0.2, 0.25) is 0 Å². The monoisotopic (exact) mass is 681 g/mol. The highest BCUT2D eigenvalue weighted by molar-refractivity contribution is 7.33. The molecule has 0 radical (unpaired) electrons. The molecule has 2 aliphatic heterocycles. The summed E-state index contributed by atoms with van der Waals surface area (Å²) in [5.41, 5.74) is 11.7. The van der Waals surface area contributed by atoms with Gasteiger partial charge in [-0.15, -0.1) is 11.3 Å². The van der Waals surface area contributed by atoms with Gasteiger partial charge in [0.2, 0.25) is 0 Å². The van der Waals surface area contributed by atoms with E-state index in [1.54, 1.807) is 0 Å². The summed E-state index contributed by atoms with van der Waals surface area (Å²) in [5.74, 6) is 3.49. The number of furan rings is 1. The molecule has 0 fully saturated rings. The van der Waals surface area contributed by atoms with E-state index in [1.165, 1.54) is 31.6 Å². The summed E-state index contributed by atoms with van der Waals surface area (Å²) in [6, 6.07) is 39.2. The minimum Gasteiger partial charge on any atom is -0.458 e. The van der Waals surface area contributed by atoms with Gasteiger partial charge in [0.25, 0.3) is 6.71 Å². The summed E-state index contributed by atoms with van der Waals surface area (Å²) in [7, 11) is 0. The van der Waals surface area contributed by atoms with Gasteiger partial charge in [0.05, 0.1) is 5.69 Å². The Morgan fingerprint density at radius 3 is 1.96 bits per heavy atom. The molecular formula is C45H36BNO3S. The molecular weight excluding hydrogens is 645 g/mol. The van der Waals surface area contributed by atoms with Crippen LogP contribution < -0.4 is 30.1 Å². The number of aryl methyl sites for hydroxylation is 3. The van der Waals surface area contributed by atoms with E-state index in [9.17, 15) is 0 Å². The molecule has 0 unspecified atom stereocenters. The standard InChI is InChI=1S/C45H36BNO3S/c1-25-11-16-29(17-12-25)47(30-18-13-26(2)14-19-30)33-24-37-41(39-31-9-7-8-10-34(31)49-43(33)39)46-40-35(48-37)21-27(3)22-36(40)50-42-32-23-28(45(4,5)6)15-20-38(32)51-44(42)46/h7-24H,1-6H3. The Morgan fingerprint density at radius 2 is 1.27 bits per heavy atom. The molecule has 0 saturated heterocycles. The molecule has 2 aromatic heterocycles. The second-order valence-corrected chi connectivity index (χ2v) is 16.3. The molecule has 0 aliphatic carbocycles. The zero-order valence-corrected chi connectivity index (χ0v) is 30.4. The SMILES string of the molecule is Cc1ccc(N(c2ccc(C)cc2)c2cc3c(c4c2oc2ccccc24)B2c4sc5ccc(C(C)(C)C)cc5c4Oc4cc(C)cc(c42)O3)cc1. The van der Waals surface area contributed by atoms with Gasteiger partial charge >= 0.3 is 0 Å². The van der Waals surface area contributed by atoms with Crippen molar-refractivity contribution < 1.29 is 13.9 Å². The van der Waals surface area contributed by atoms with Gasteiger partial charge in [0.15, 0.2) is 5.58 Å². The Morgan fingerprint density at radius 1 is 0.627 bits per heavy atom. The molecule has 51 heavy (non-hydrogen) atoms. The van der Waals surface area contributed by atoms with Crippen molar-refractivity contribution in [3.05, 3.63) is 131 Å². The summed E-state index contributed by atoms with van der Waals surface area (Å²) in [4.78, 5) is 2.30. The topological polar surface area (TPSA) is 34.8 Å². The first-order valence-corrected chi connectivity index (χ1v) is 18.4. The molecule has 4 heterocycles. The van der Waals surface area contributed by atoms with E-state index >= 15 is 0 Å². The molecule has 2 aliphatic rings. The van der Waals surface area contributed by atoms with E-state index in [0.717, 1.165) is 78.5 Å². The quantitative estimate of drug-likeness (QED) is 0.174. The maximum atomic E-state index is 7.04. The Hall–Kier alpha value is -5.46. The van der Waals surface area contributed by atoms with Crippen molar-refractivity contribution in [3.8, 4) is 23.0 Å². The van der Waals surface area contributed by atoms with E-state index in [2.05, 4.69) is 150 Å². The van der Waals surface area contributed by atoms with Crippen molar-refractivity contribution in [2.45, 2.75) is 47.0 Å². The number of ether oxygens (including phenoxy) is 2. The molecule has 6 aromatic carbocycles. The second kappa shape index (κ2) is 10.8. The van der Waals surface area contributed by atoms with Crippen LogP contribution in [0.25, 0.3) is 32.0 Å². The van der Waals surface area contributed by atoms with E-state index < -0.39 is 0 Å². The molecule has 4 nitrogen and oxygen atoms in total. The zero-order valence-electron chi connectivity index (χ0n) is 29.5. The van der Waals surface area contributed by atoms with Crippen molar-refractivity contribution in [1.29, 1.82) is 0 Å². The number of benzene rings is 6. The molecule has 10 rings (SSSR count). The van der Waals surface area contributed by atoms with Crippen LogP contribution in [0, 0.1) is 20.8 Å². The second-order valence-electron chi connectivity index (χ2n) is 15.2. The Labute approximate surface area is 301 Å². The Kier molecular flexibility index (Phi) is 6.42. The summed E-state index contributed by atoms with van der Waals surface area (Å²) in [6.07, 6.45) is 0. The highest BCUT2D eigenvalue weighted by Gasteiger charge is 2.45. The van der Waals surface area contributed by atoms with E-state index in [4.69, 9.17) is 13.9 Å². The van der Waals surface area contributed by atoms with E-state index in [0.29, 0.717) is 0 Å². The van der Waals surface area contributed by atoms with Crippen molar-refractivity contribution in [3.63, 3.8) is 0 Å².